The van der Waals surface area contributed by atoms with Crippen LogP contribution in [0.3, 0.4) is 0 Å². The van der Waals surface area contributed by atoms with Gasteiger partial charge in [-0.3, -0.25) is 4.79 Å². The van der Waals surface area contributed by atoms with Gasteiger partial charge in [0.05, 0.1) is 16.6 Å². The lowest BCUT2D eigenvalue weighted by atomic mass is 10.1. The number of hydrogen-bond acceptors (Lipinski definition) is 4. The summed E-state index contributed by atoms with van der Waals surface area (Å²) in [5.74, 6) is -1.25. The number of likely N-dealkylation sites (tertiary alicyclic amines) is 1. The molecular weight excluding hydrogens is 278 g/mol. The van der Waals surface area contributed by atoms with E-state index >= 15 is 0 Å². The van der Waals surface area contributed by atoms with Crippen LogP contribution in [0.4, 0.5) is 4.79 Å². The van der Waals surface area contributed by atoms with Crippen molar-refractivity contribution in [2.75, 3.05) is 19.6 Å². The summed E-state index contributed by atoms with van der Waals surface area (Å²) < 4.78 is 0. The third-order valence-corrected chi connectivity index (χ3v) is 4.59. The molecule has 2 amide bonds. The zero-order valence-electron chi connectivity index (χ0n) is 11.7. The topological polar surface area (TPSA) is 82.5 Å². The summed E-state index contributed by atoms with van der Waals surface area (Å²) in [5.41, 5.74) is 1.02. The Morgan fingerprint density at radius 1 is 1.50 bits per heavy atom. The third-order valence-electron chi connectivity index (χ3n) is 3.45. The van der Waals surface area contributed by atoms with E-state index in [0.29, 0.717) is 26.1 Å². The van der Waals surface area contributed by atoms with Crippen LogP contribution in [0.25, 0.3) is 0 Å². The number of carbonyl (C=O) groups excluding carboxylic acids is 1. The van der Waals surface area contributed by atoms with Gasteiger partial charge in [-0.25, -0.2) is 9.78 Å². The fourth-order valence-corrected chi connectivity index (χ4v) is 3.28. The van der Waals surface area contributed by atoms with E-state index in [-0.39, 0.29) is 6.03 Å². The van der Waals surface area contributed by atoms with E-state index < -0.39 is 11.9 Å². The lowest BCUT2D eigenvalue weighted by molar-refractivity contribution is -0.141. The molecule has 7 heteroatoms. The number of aromatic nitrogens is 1. The summed E-state index contributed by atoms with van der Waals surface area (Å²) in [4.78, 5) is 29.9. The molecule has 2 N–H and O–H groups in total. The van der Waals surface area contributed by atoms with E-state index in [0.717, 1.165) is 17.1 Å². The van der Waals surface area contributed by atoms with E-state index in [1.807, 2.05) is 13.8 Å². The number of thiazole rings is 1. The van der Waals surface area contributed by atoms with Gasteiger partial charge in [0.1, 0.15) is 0 Å². The smallest absolute Gasteiger partial charge is 0.317 e. The fourth-order valence-electron chi connectivity index (χ4n) is 2.35. The highest BCUT2D eigenvalue weighted by molar-refractivity contribution is 7.11. The molecule has 1 aromatic rings. The molecule has 20 heavy (non-hydrogen) atoms. The number of carboxylic acids is 1. The molecule has 1 aliphatic heterocycles. The zero-order valence-corrected chi connectivity index (χ0v) is 12.5. The number of rotatable bonds is 4. The van der Waals surface area contributed by atoms with Gasteiger partial charge in [-0.2, -0.15) is 0 Å². The number of aryl methyl sites for hydroxylation is 2. The first kappa shape index (κ1) is 14.8. The molecule has 110 valence electrons. The van der Waals surface area contributed by atoms with Gasteiger partial charge in [-0.1, -0.05) is 0 Å². The van der Waals surface area contributed by atoms with Crippen LogP contribution in [0.2, 0.25) is 0 Å². The quantitative estimate of drug-likeness (QED) is 0.880. The number of urea groups is 1. The van der Waals surface area contributed by atoms with E-state index in [1.165, 1.54) is 4.88 Å². The van der Waals surface area contributed by atoms with Gasteiger partial charge in [-0.05, 0) is 20.3 Å². The van der Waals surface area contributed by atoms with Crippen molar-refractivity contribution < 1.29 is 14.7 Å². The van der Waals surface area contributed by atoms with Crippen molar-refractivity contribution in [3.8, 4) is 0 Å². The van der Waals surface area contributed by atoms with Crippen LogP contribution < -0.4 is 5.32 Å². The van der Waals surface area contributed by atoms with Gasteiger partial charge in [0, 0.05) is 30.9 Å². The first-order chi connectivity index (χ1) is 9.47. The molecule has 2 rings (SSSR count). The van der Waals surface area contributed by atoms with E-state index in [4.69, 9.17) is 5.11 Å². The highest BCUT2D eigenvalue weighted by Gasteiger charge is 2.30. The Balaban J connectivity index is 1.76. The number of aliphatic carboxylic acids is 1. The second-order valence-electron chi connectivity index (χ2n) is 4.99. The maximum Gasteiger partial charge on any atom is 0.317 e. The van der Waals surface area contributed by atoms with Crippen molar-refractivity contribution in [2.45, 2.75) is 26.7 Å². The molecule has 0 aliphatic carbocycles. The number of carbonyl (C=O) groups is 2. The minimum atomic E-state index is -0.823. The Bertz CT molecular complexity index is 515. The van der Waals surface area contributed by atoms with Crippen molar-refractivity contribution in [3.63, 3.8) is 0 Å². The van der Waals surface area contributed by atoms with Crippen LogP contribution in [-0.4, -0.2) is 46.6 Å². The molecule has 0 spiro atoms. The molecule has 1 aromatic heterocycles. The Morgan fingerprint density at radius 2 is 2.25 bits per heavy atom. The SMILES string of the molecule is Cc1nc(C)c(CCNC(=O)N2CCC(C(=O)O)C2)s1. The maximum absolute atomic E-state index is 11.9. The number of nitrogens with zero attached hydrogens (tertiary/aromatic N) is 2. The predicted octanol–water partition coefficient (Wildman–Crippen LogP) is 1.42. The number of nitrogens with one attached hydrogen (secondary N) is 1. The summed E-state index contributed by atoms with van der Waals surface area (Å²) in [5, 5.41) is 12.8. The second-order valence-corrected chi connectivity index (χ2v) is 6.28. The Labute approximate surface area is 121 Å². The maximum atomic E-state index is 11.9. The predicted molar refractivity (Wildman–Crippen MR) is 76.0 cm³/mol. The molecule has 0 radical (unpaired) electrons. The summed E-state index contributed by atoms with van der Waals surface area (Å²) in [6, 6.07) is -0.173. The van der Waals surface area contributed by atoms with E-state index in [1.54, 1.807) is 16.2 Å². The van der Waals surface area contributed by atoms with Crippen molar-refractivity contribution in [1.82, 2.24) is 15.2 Å². The van der Waals surface area contributed by atoms with Crippen molar-refractivity contribution >= 4 is 23.3 Å². The van der Waals surface area contributed by atoms with Gasteiger partial charge in [-0.15, -0.1) is 11.3 Å². The molecular formula is C13H19N3O3S. The fraction of sp³-hybridized carbons (Fsp3) is 0.615. The molecule has 6 nitrogen and oxygen atoms in total. The molecule has 0 bridgehead atoms. The third kappa shape index (κ3) is 3.47. The van der Waals surface area contributed by atoms with Gasteiger partial charge < -0.3 is 15.3 Å². The summed E-state index contributed by atoms with van der Waals surface area (Å²) in [6.07, 6.45) is 1.30. The average Bonchev–Trinajstić information content (AvgIpc) is 2.97. The summed E-state index contributed by atoms with van der Waals surface area (Å²) in [6.45, 7) is 5.31. The van der Waals surface area contributed by atoms with Crippen LogP contribution in [0.5, 0.6) is 0 Å². The van der Waals surface area contributed by atoms with E-state index in [2.05, 4.69) is 10.3 Å². The highest BCUT2D eigenvalue weighted by Crippen LogP contribution is 2.18. The Kier molecular flexibility index (Phi) is 4.59. The molecule has 2 heterocycles. The lowest BCUT2D eigenvalue weighted by Gasteiger charge is -2.16. The second kappa shape index (κ2) is 6.21. The number of hydrogen-bond donors (Lipinski definition) is 2. The summed E-state index contributed by atoms with van der Waals surface area (Å²) >= 11 is 1.65. The Hall–Kier alpha value is -1.63. The minimum Gasteiger partial charge on any atom is -0.481 e. The first-order valence-electron chi connectivity index (χ1n) is 6.66. The molecule has 1 atom stereocenters. The van der Waals surface area contributed by atoms with Crippen molar-refractivity contribution in [1.29, 1.82) is 0 Å². The van der Waals surface area contributed by atoms with Crippen LogP contribution in [-0.2, 0) is 11.2 Å². The lowest BCUT2D eigenvalue weighted by Crippen LogP contribution is -2.39. The normalized spacial score (nSPS) is 18.3. The standard InChI is InChI=1S/C13H19N3O3S/c1-8-11(20-9(2)15-8)3-5-14-13(19)16-6-4-10(7-16)12(17)18/h10H,3-7H2,1-2H3,(H,14,19)(H,17,18). The minimum absolute atomic E-state index is 0.173. The average molecular weight is 297 g/mol. The van der Waals surface area contributed by atoms with Gasteiger partial charge >= 0.3 is 12.0 Å². The van der Waals surface area contributed by atoms with Crippen molar-refractivity contribution in [2.24, 2.45) is 5.92 Å². The largest absolute Gasteiger partial charge is 0.481 e. The van der Waals surface area contributed by atoms with Crippen LogP contribution in [0.1, 0.15) is 22.0 Å². The first-order valence-corrected chi connectivity index (χ1v) is 7.47. The van der Waals surface area contributed by atoms with Crippen molar-refractivity contribution in [3.05, 3.63) is 15.6 Å². The molecule has 0 saturated carbocycles. The molecule has 0 aromatic carbocycles. The van der Waals surface area contributed by atoms with Gasteiger partial charge in [0.25, 0.3) is 0 Å². The molecule has 1 fully saturated rings. The molecule has 1 aliphatic rings. The highest BCUT2D eigenvalue weighted by atomic mass is 32.1. The number of amides is 2. The van der Waals surface area contributed by atoms with Gasteiger partial charge in [0.2, 0.25) is 0 Å². The summed E-state index contributed by atoms with van der Waals surface area (Å²) in [7, 11) is 0. The number of carboxylic acid groups (broad SMARTS) is 1. The van der Waals surface area contributed by atoms with E-state index in [9.17, 15) is 9.59 Å². The van der Waals surface area contributed by atoms with Crippen LogP contribution in [0, 0.1) is 19.8 Å². The zero-order chi connectivity index (χ0) is 14.7. The molecule has 1 saturated heterocycles. The monoisotopic (exact) mass is 297 g/mol. The van der Waals surface area contributed by atoms with Crippen LogP contribution in [0.15, 0.2) is 0 Å². The van der Waals surface area contributed by atoms with Gasteiger partial charge in [0.15, 0.2) is 0 Å². The van der Waals surface area contributed by atoms with Crippen LogP contribution >= 0.6 is 11.3 Å². The molecule has 1 unspecified atom stereocenters. The Morgan fingerprint density at radius 3 is 2.80 bits per heavy atom.